The molecule has 1 atom stereocenters. The molecular formula is C12H14N2O6S. The second kappa shape index (κ2) is 5.34. The lowest BCUT2D eigenvalue weighted by Gasteiger charge is -2.18. The predicted molar refractivity (Wildman–Crippen MR) is 73.8 cm³/mol. The molecule has 0 saturated carbocycles. The van der Waals surface area contributed by atoms with Gasteiger partial charge in [-0.3, -0.25) is 4.79 Å². The SMILES string of the molecule is COc1cc(N2CC(S(N)(=O)=O)CC2=O)ccc1C(=O)O. The Balaban J connectivity index is 2.35. The van der Waals surface area contributed by atoms with E-state index in [1.54, 1.807) is 0 Å². The molecule has 0 aromatic heterocycles. The van der Waals surface area contributed by atoms with Crippen LogP contribution in [0, 0.1) is 0 Å². The van der Waals surface area contributed by atoms with E-state index < -0.39 is 21.2 Å². The van der Waals surface area contributed by atoms with Crippen molar-refractivity contribution < 1.29 is 27.9 Å². The summed E-state index contributed by atoms with van der Waals surface area (Å²) in [6.07, 6.45) is -0.193. The zero-order valence-electron chi connectivity index (χ0n) is 11.1. The second-order valence-corrected chi connectivity index (χ2v) is 6.45. The van der Waals surface area contributed by atoms with Crippen LogP contribution in [0.15, 0.2) is 18.2 Å². The van der Waals surface area contributed by atoms with E-state index in [0.717, 1.165) is 0 Å². The fourth-order valence-corrected chi connectivity index (χ4v) is 2.90. The number of methoxy groups -OCH3 is 1. The van der Waals surface area contributed by atoms with Gasteiger partial charge in [-0.25, -0.2) is 18.4 Å². The van der Waals surface area contributed by atoms with E-state index in [0.29, 0.717) is 5.69 Å². The normalized spacial score (nSPS) is 18.9. The fourth-order valence-electron chi connectivity index (χ4n) is 2.17. The molecule has 21 heavy (non-hydrogen) atoms. The van der Waals surface area contributed by atoms with Crippen molar-refractivity contribution in [1.29, 1.82) is 0 Å². The van der Waals surface area contributed by atoms with Crippen LogP contribution in [0.25, 0.3) is 0 Å². The number of amides is 1. The molecule has 114 valence electrons. The third-order valence-electron chi connectivity index (χ3n) is 3.28. The smallest absolute Gasteiger partial charge is 0.339 e. The number of carboxylic acids is 1. The Morgan fingerprint density at radius 3 is 2.62 bits per heavy atom. The predicted octanol–water partition coefficient (Wildman–Crippen LogP) is -0.213. The van der Waals surface area contributed by atoms with Crippen molar-refractivity contribution in [3.8, 4) is 5.75 Å². The maximum absolute atomic E-state index is 11.9. The van der Waals surface area contributed by atoms with Crippen molar-refractivity contribution >= 4 is 27.6 Å². The van der Waals surface area contributed by atoms with Crippen molar-refractivity contribution in [3.63, 3.8) is 0 Å². The quantitative estimate of drug-likeness (QED) is 0.791. The van der Waals surface area contributed by atoms with Crippen molar-refractivity contribution in [2.75, 3.05) is 18.6 Å². The molecule has 0 bridgehead atoms. The van der Waals surface area contributed by atoms with Gasteiger partial charge >= 0.3 is 5.97 Å². The van der Waals surface area contributed by atoms with Crippen LogP contribution in [0.3, 0.4) is 0 Å². The van der Waals surface area contributed by atoms with Crippen molar-refractivity contribution in [1.82, 2.24) is 0 Å². The summed E-state index contributed by atoms with van der Waals surface area (Å²) in [6, 6.07) is 4.11. The summed E-state index contributed by atoms with van der Waals surface area (Å²) >= 11 is 0. The zero-order valence-corrected chi connectivity index (χ0v) is 12.0. The number of primary sulfonamides is 1. The van der Waals surface area contributed by atoms with Crippen LogP contribution in [0.2, 0.25) is 0 Å². The van der Waals surface area contributed by atoms with Gasteiger partial charge < -0.3 is 14.7 Å². The number of sulfonamides is 1. The minimum atomic E-state index is -3.80. The van der Waals surface area contributed by atoms with Gasteiger partial charge in [0.15, 0.2) is 0 Å². The Bertz CT molecular complexity index is 700. The third-order valence-corrected chi connectivity index (χ3v) is 4.53. The number of rotatable bonds is 4. The van der Waals surface area contributed by atoms with Crippen LogP contribution in [0.4, 0.5) is 5.69 Å². The monoisotopic (exact) mass is 314 g/mol. The molecule has 1 heterocycles. The van der Waals surface area contributed by atoms with Crippen LogP contribution in [0.1, 0.15) is 16.8 Å². The highest BCUT2D eigenvalue weighted by atomic mass is 32.2. The summed E-state index contributed by atoms with van der Waals surface area (Å²) in [4.78, 5) is 24.2. The number of ether oxygens (including phenoxy) is 1. The van der Waals surface area contributed by atoms with Crippen molar-refractivity contribution in [2.24, 2.45) is 5.14 Å². The van der Waals surface area contributed by atoms with Crippen LogP contribution in [-0.4, -0.2) is 44.3 Å². The van der Waals surface area contributed by atoms with E-state index in [1.165, 1.54) is 30.2 Å². The lowest BCUT2D eigenvalue weighted by atomic mass is 10.1. The number of carbonyl (C=O) groups excluding carboxylic acids is 1. The molecule has 1 saturated heterocycles. The van der Waals surface area contributed by atoms with Gasteiger partial charge in [0.05, 0.1) is 7.11 Å². The maximum atomic E-state index is 11.9. The minimum absolute atomic E-state index is 0.0455. The molecule has 1 aromatic rings. The highest BCUT2D eigenvalue weighted by Crippen LogP contribution is 2.29. The molecule has 0 aliphatic carbocycles. The molecule has 1 aliphatic heterocycles. The Hall–Kier alpha value is -2.13. The van der Waals surface area contributed by atoms with E-state index >= 15 is 0 Å². The Labute approximate surface area is 121 Å². The average Bonchev–Trinajstić information content (AvgIpc) is 2.80. The summed E-state index contributed by atoms with van der Waals surface area (Å²) in [6.45, 7) is -0.0623. The number of nitrogens with zero attached hydrogens (tertiary/aromatic N) is 1. The van der Waals surface area contributed by atoms with Gasteiger partial charge in [0.25, 0.3) is 0 Å². The number of benzene rings is 1. The molecule has 1 fully saturated rings. The highest BCUT2D eigenvalue weighted by molar-refractivity contribution is 7.89. The largest absolute Gasteiger partial charge is 0.496 e. The molecule has 1 aliphatic rings. The molecule has 1 aromatic carbocycles. The molecule has 0 radical (unpaired) electrons. The first-order valence-electron chi connectivity index (χ1n) is 5.97. The van der Waals surface area contributed by atoms with E-state index in [9.17, 15) is 18.0 Å². The molecule has 0 spiro atoms. The van der Waals surface area contributed by atoms with E-state index in [2.05, 4.69) is 0 Å². The number of aromatic carboxylic acids is 1. The first kappa shape index (κ1) is 15.3. The minimum Gasteiger partial charge on any atom is -0.496 e. The highest BCUT2D eigenvalue weighted by Gasteiger charge is 2.37. The standard InChI is InChI=1S/C12H14N2O6S/c1-20-10-4-7(2-3-9(10)12(16)17)14-6-8(5-11(14)15)21(13,18)19/h2-4,8H,5-6H2,1H3,(H,16,17)(H2,13,18,19). The van der Waals surface area contributed by atoms with Gasteiger partial charge in [-0.05, 0) is 12.1 Å². The number of carbonyl (C=O) groups is 2. The molecule has 3 N–H and O–H groups in total. The zero-order chi connectivity index (χ0) is 15.8. The van der Waals surface area contributed by atoms with Gasteiger partial charge in [0, 0.05) is 24.7 Å². The maximum Gasteiger partial charge on any atom is 0.339 e. The van der Waals surface area contributed by atoms with Gasteiger partial charge in [0.1, 0.15) is 16.6 Å². The average molecular weight is 314 g/mol. The molecule has 8 nitrogen and oxygen atoms in total. The molecule has 1 amide bonds. The molecule has 1 unspecified atom stereocenters. The summed E-state index contributed by atoms with van der Waals surface area (Å²) in [5.41, 5.74) is 0.323. The summed E-state index contributed by atoms with van der Waals surface area (Å²) < 4.78 is 27.6. The molecular weight excluding hydrogens is 300 g/mol. The fraction of sp³-hybridized carbons (Fsp3) is 0.333. The van der Waals surface area contributed by atoms with Crippen molar-refractivity contribution in [3.05, 3.63) is 23.8 Å². The summed E-state index contributed by atoms with van der Waals surface area (Å²) in [7, 11) is -2.49. The Morgan fingerprint density at radius 2 is 2.14 bits per heavy atom. The lowest BCUT2D eigenvalue weighted by Crippen LogP contribution is -2.32. The van der Waals surface area contributed by atoms with Gasteiger partial charge in [-0.15, -0.1) is 0 Å². The first-order chi connectivity index (χ1) is 9.74. The van der Waals surface area contributed by atoms with Crippen molar-refractivity contribution in [2.45, 2.75) is 11.7 Å². The number of hydrogen-bond donors (Lipinski definition) is 2. The second-order valence-electron chi connectivity index (χ2n) is 4.61. The van der Waals surface area contributed by atoms with E-state index in [1.807, 2.05) is 0 Å². The van der Waals surface area contributed by atoms with Crippen LogP contribution < -0.4 is 14.8 Å². The molecule has 9 heteroatoms. The lowest BCUT2D eigenvalue weighted by molar-refractivity contribution is -0.117. The van der Waals surface area contributed by atoms with Crippen LogP contribution in [-0.2, 0) is 14.8 Å². The van der Waals surface area contributed by atoms with Gasteiger partial charge in [-0.2, -0.15) is 0 Å². The third kappa shape index (κ3) is 2.98. The van der Waals surface area contributed by atoms with E-state index in [-0.39, 0.29) is 30.2 Å². The number of carboxylic acid groups (broad SMARTS) is 1. The Morgan fingerprint density at radius 1 is 1.48 bits per heavy atom. The molecule has 2 rings (SSSR count). The summed E-state index contributed by atoms with van der Waals surface area (Å²) in [5.74, 6) is -1.46. The first-order valence-corrected chi connectivity index (χ1v) is 7.58. The van der Waals surface area contributed by atoms with E-state index in [4.69, 9.17) is 15.0 Å². The number of nitrogens with two attached hydrogens (primary N) is 1. The van der Waals surface area contributed by atoms with Gasteiger partial charge in [-0.1, -0.05) is 0 Å². The summed E-state index contributed by atoms with van der Waals surface area (Å²) in [5, 5.41) is 13.1. The number of hydrogen-bond acceptors (Lipinski definition) is 5. The topological polar surface area (TPSA) is 127 Å². The van der Waals surface area contributed by atoms with Crippen LogP contribution in [0.5, 0.6) is 5.75 Å². The number of anilines is 1. The van der Waals surface area contributed by atoms with Crippen LogP contribution >= 0.6 is 0 Å². The Kier molecular flexibility index (Phi) is 3.88. The van der Waals surface area contributed by atoms with Gasteiger partial charge in [0.2, 0.25) is 15.9 Å².